The van der Waals surface area contributed by atoms with Gasteiger partial charge < -0.3 is 5.32 Å². The highest BCUT2D eigenvalue weighted by atomic mass is 35.5. The van der Waals surface area contributed by atoms with Gasteiger partial charge in [-0.3, -0.25) is 4.68 Å². The molecule has 2 aromatic rings. The number of aromatic nitrogens is 4. The van der Waals surface area contributed by atoms with Crippen molar-refractivity contribution in [1.29, 1.82) is 0 Å². The summed E-state index contributed by atoms with van der Waals surface area (Å²) < 4.78 is 1.89. The Bertz CT molecular complexity index is 655. The van der Waals surface area contributed by atoms with E-state index in [1.165, 1.54) is 5.56 Å². The second kappa shape index (κ2) is 5.64. The molecule has 2 heterocycles. The quantitative estimate of drug-likeness (QED) is 0.883. The fourth-order valence-electron chi connectivity index (χ4n) is 2.10. The van der Waals surface area contributed by atoms with Crippen LogP contribution in [0.25, 0.3) is 0 Å². The van der Waals surface area contributed by atoms with Gasteiger partial charge in [0.25, 0.3) is 0 Å². The maximum absolute atomic E-state index is 6.10. The summed E-state index contributed by atoms with van der Waals surface area (Å²) in [6.45, 7) is 10.9. The van der Waals surface area contributed by atoms with Crippen LogP contribution in [0.5, 0.6) is 0 Å². The Morgan fingerprint density at radius 1 is 1.24 bits per heavy atom. The van der Waals surface area contributed by atoms with E-state index in [2.05, 4.69) is 48.1 Å². The summed E-state index contributed by atoms with van der Waals surface area (Å²) in [6, 6.07) is 1.75. The van der Waals surface area contributed by atoms with Crippen LogP contribution in [0.4, 0.5) is 5.82 Å². The molecule has 1 N–H and O–H groups in total. The minimum Gasteiger partial charge on any atom is -0.366 e. The third kappa shape index (κ3) is 3.53. The first-order chi connectivity index (χ1) is 9.68. The van der Waals surface area contributed by atoms with Crippen LogP contribution in [0.3, 0.4) is 0 Å². The Hall–Kier alpha value is -1.62. The molecule has 114 valence electrons. The number of rotatable bonds is 3. The molecule has 0 saturated heterocycles. The Balaban J connectivity index is 2.22. The molecule has 0 aliphatic carbocycles. The monoisotopic (exact) mass is 307 g/mol. The Morgan fingerprint density at radius 2 is 1.90 bits per heavy atom. The zero-order chi connectivity index (χ0) is 15.8. The van der Waals surface area contributed by atoms with Crippen molar-refractivity contribution in [3.05, 3.63) is 34.0 Å². The third-order valence-electron chi connectivity index (χ3n) is 3.47. The van der Waals surface area contributed by atoms with Gasteiger partial charge in [-0.2, -0.15) is 5.10 Å². The first-order valence-corrected chi connectivity index (χ1v) is 7.34. The number of halogens is 1. The van der Waals surface area contributed by atoms with E-state index in [0.29, 0.717) is 11.7 Å². The van der Waals surface area contributed by atoms with Gasteiger partial charge in [0.2, 0.25) is 0 Å². The van der Waals surface area contributed by atoms with Crippen molar-refractivity contribution >= 4 is 17.4 Å². The number of hydrogen-bond donors (Lipinski definition) is 1. The van der Waals surface area contributed by atoms with Gasteiger partial charge in [0.1, 0.15) is 16.8 Å². The third-order valence-corrected chi connectivity index (χ3v) is 3.66. The van der Waals surface area contributed by atoms with E-state index in [-0.39, 0.29) is 5.41 Å². The molecule has 0 aliphatic rings. The second-order valence-corrected chi connectivity index (χ2v) is 6.66. The van der Waals surface area contributed by atoms with Gasteiger partial charge in [-0.15, -0.1) is 0 Å². The van der Waals surface area contributed by atoms with Crippen LogP contribution >= 0.6 is 11.6 Å². The van der Waals surface area contributed by atoms with Gasteiger partial charge in [-0.05, 0) is 13.8 Å². The van der Waals surface area contributed by atoms with Gasteiger partial charge in [0, 0.05) is 36.3 Å². The lowest BCUT2D eigenvalue weighted by molar-refractivity contribution is 0.546. The molecule has 2 aromatic heterocycles. The summed E-state index contributed by atoms with van der Waals surface area (Å²) in [5, 5.41) is 8.19. The molecule has 0 unspecified atom stereocenters. The predicted octanol–water partition coefficient (Wildman–Crippen LogP) is 3.39. The molecule has 6 heteroatoms. The summed E-state index contributed by atoms with van der Waals surface area (Å²) in [6.07, 6.45) is 0. The molecule has 0 aliphatic heterocycles. The highest BCUT2D eigenvalue weighted by Gasteiger charge is 2.19. The Kier molecular flexibility index (Phi) is 4.23. The minimum absolute atomic E-state index is 0.137. The summed E-state index contributed by atoms with van der Waals surface area (Å²) >= 11 is 6.10. The number of nitrogens with zero attached hydrogens (tertiary/aromatic N) is 4. The zero-order valence-electron chi connectivity index (χ0n) is 13.5. The van der Waals surface area contributed by atoms with Gasteiger partial charge in [-0.25, -0.2) is 9.97 Å². The van der Waals surface area contributed by atoms with Crippen molar-refractivity contribution in [2.45, 2.75) is 46.6 Å². The van der Waals surface area contributed by atoms with Gasteiger partial charge >= 0.3 is 0 Å². The molecule has 0 aromatic carbocycles. The standard InChI is InChI=1S/C15H22ClN5/c1-9-11(10(2)21(6)20-9)8-17-13-7-12(16)18-14(19-13)15(3,4)5/h7H,8H2,1-6H3,(H,17,18,19). The molecular weight excluding hydrogens is 286 g/mol. The van der Waals surface area contributed by atoms with Crippen LogP contribution in [0.15, 0.2) is 6.07 Å². The van der Waals surface area contributed by atoms with E-state index >= 15 is 0 Å². The average molecular weight is 308 g/mol. The van der Waals surface area contributed by atoms with Crippen LogP contribution in [0.2, 0.25) is 5.15 Å². The second-order valence-electron chi connectivity index (χ2n) is 6.28. The van der Waals surface area contributed by atoms with E-state index in [4.69, 9.17) is 11.6 Å². The fourth-order valence-corrected chi connectivity index (χ4v) is 2.28. The van der Waals surface area contributed by atoms with Gasteiger partial charge in [-0.1, -0.05) is 32.4 Å². The van der Waals surface area contributed by atoms with Crippen molar-refractivity contribution in [3.63, 3.8) is 0 Å². The van der Waals surface area contributed by atoms with E-state index in [1.807, 2.05) is 18.7 Å². The number of anilines is 1. The van der Waals surface area contributed by atoms with E-state index < -0.39 is 0 Å². The molecule has 0 radical (unpaired) electrons. The van der Waals surface area contributed by atoms with Crippen molar-refractivity contribution in [2.24, 2.45) is 7.05 Å². The van der Waals surface area contributed by atoms with Gasteiger partial charge in [0.05, 0.1) is 5.69 Å². The molecule has 0 fully saturated rings. The lowest BCUT2D eigenvalue weighted by Gasteiger charge is -2.18. The first kappa shape index (κ1) is 15.8. The van der Waals surface area contributed by atoms with Crippen LogP contribution in [0, 0.1) is 13.8 Å². The number of nitrogens with one attached hydrogen (secondary N) is 1. The molecule has 2 rings (SSSR count). The SMILES string of the molecule is Cc1nn(C)c(C)c1CNc1cc(Cl)nc(C(C)(C)C)n1. The molecule has 0 saturated carbocycles. The topological polar surface area (TPSA) is 55.6 Å². The van der Waals surface area contributed by atoms with Crippen molar-refractivity contribution < 1.29 is 0 Å². The van der Waals surface area contributed by atoms with Crippen LogP contribution < -0.4 is 5.32 Å². The summed E-state index contributed by atoms with van der Waals surface area (Å²) in [5.41, 5.74) is 3.22. The predicted molar refractivity (Wildman–Crippen MR) is 85.8 cm³/mol. The van der Waals surface area contributed by atoms with Crippen LogP contribution in [-0.4, -0.2) is 19.7 Å². The largest absolute Gasteiger partial charge is 0.366 e. The summed E-state index contributed by atoms with van der Waals surface area (Å²) in [5.74, 6) is 1.47. The molecule has 21 heavy (non-hydrogen) atoms. The number of hydrogen-bond acceptors (Lipinski definition) is 4. The van der Waals surface area contributed by atoms with Crippen LogP contribution in [-0.2, 0) is 19.0 Å². The maximum Gasteiger partial charge on any atom is 0.137 e. The van der Waals surface area contributed by atoms with Crippen LogP contribution in [0.1, 0.15) is 43.5 Å². The van der Waals surface area contributed by atoms with E-state index in [0.717, 1.165) is 23.0 Å². The van der Waals surface area contributed by atoms with Crippen molar-refractivity contribution in [2.75, 3.05) is 5.32 Å². The first-order valence-electron chi connectivity index (χ1n) is 6.96. The summed E-state index contributed by atoms with van der Waals surface area (Å²) in [7, 11) is 1.95. The molecule has 0 amide bonds. The normalized spacial score (nSPS) is 11.8. The molecule has 5 nitrogen and oxygen atoms in total. The average Bonchev–Trinajstić information content (AvgIpc) is 2.59. The van der Waals surface area contributed by atoms with Crippen molar-refractivity contribution in [1.82, 2.24) is 19.7 Å². The van der Waals surface area contributed by atoms with E-state index in [1.54, 1.807) is 6.07 Å². The lowest BCUT2D eigenvalue weighted by Crippen LogP contribution is -2.17. The highest BCUT2D eigenvalue weighted by Crippen LogP contribution is 2.23. The Morgan fingerprint density at radius 3 is 2.43 bits per heavy atom. The molecular formula is C15H22ClN5. The smallest absolute Gasteiger partial charge is 0.137 e. The minimum atomic E-state index is -0.137. The molecule has 0 bridgehead atoms. The van der Waals surface area contributed by atoms with Crippen molar-refractivity contribution in [3.8, 4) is 0 Å². The zero-order valence-corrected chi connectivity index (χ0v) is 14.2. The van der Waals surface area contributed by atoms with Gasteiger partial charge in [0.15, 0.2) is 0 Å². The van der Waals surface area contributed by atoms with E-state index in [9.17, 15) is 0 Å². The summed E-state index contributed by atoms with van der Waals surface area (Å²) in [4.78, 5) is 8.85. The molecule has 0 atom stereocenters. The maximum atomic E-state index is 6.10. The Labute approximate surface area is 130 Å². The number of aryl methyl sites for hydroxylation is 2. The highest BCUT2D eigenvalue weighted by molar-refractivity contribution is 6.29. The lowest BCUT2D eigenvalue weighted by atomic mass is 9.96. The molecule has 0 spiro atoms. The fraction of sp³-hybridized carbons (Fsp3) is 0.533.